The third-order valence-corrected chi connectivity index (χ3v) is 3.68. The third kappa shape index (κ3) is 2.34. The highest BCUT2D eigenvalue weighted by atomic mass is 16.2. The number of rotatable bonds is 3. The van der Waals surface area contributed by atoms with Gasteiger partial charge in [0.05, 0.1) is 0 Å². The number of hydrogen-bond acceptors (Lipinski definition) is 3. The van der Waals surface area contributed by atoms with Gasteiger partial charge in [0.1, 0.15) is 6.04 Å². The number of amides is 1. The average molecular weight is 247 g/mol. The summed E-state index contributed by atoms with van der Waals surface area (Å²) in [6.45, 7) is 3.57. The quantitative estimate of drug-likeness (QED) is 0.843. The standard InChI is InChI=1S/C14H21N3O/c1-10-8-12(6-5-11(10)9-15)17-7-3-4-13(17)14(18)16-2/h5-6,8,13H,3-4,7,9,15H2,1-2H3,(H,16,18). The zero-order valence-corrected chi connectivity index (χ0v) is 11.1. The van der Waals surface area contributed by atoms with Gasteiger partial charge < -0.3 is 16.0 Å². The first-order valence-corrected chi connectivity index (χ1v) is 6.45. The summed E-state index contributed by atoms with van der Waals surface area (Å²) in [6.07, 6.45) is 1.99. The van der Waals surface area contributed by atoms with Crippen molar-refractivity contribution >= 4 is 11.6 Å². The van der Waals surface area contributed by atoms with E-state index in [9.17, 15) is 4.79 Å². The smallest absolute Gasteiger partial charge is 0.242 e. The molecule has 0 saturated carbocycles. The summed E-state index contributed by atoms with van der Waals surface area (Å²) in [6, 6.07) is 6.22. The number of nitrogens with one attached hydrogen (secondary N) is 1. The Hall–Kier alpha value is -1.55. The lowest BCUT2D eigenvalue weighted by molar-refractivity contribution is -0.121. The highest BCUT2D eigenvalue weighted by Gasteiger charge is 2.30. The average Bonchev–Trinajstić information content (AvgIpc) is 2.86. The molecule has 0 bridgehead atoms. The molecule has 0 aliphatic carbocycles. The molecule has 1 aliphatic rings. The van der Waals surface area contributed by atoms with Crippen LogP contribution in [0.1, 0.15) is 24.0 Å². The summed E-state index contributed by atoms with van der Waals surface area (Å²) in [7, 11) is 1.70. The minimum atomic E-state index is -0.0295. The second-order valence-electron chi connectivity index (χ2n) is 4.78. The summed E-state index contributed by atoms with van der Waals surface area (Å²) in [5.41, 5.74) is 9.15. The molecule has 4 heteroatoms. The molecule has 1 aromatic rings. The van der Waals surface area contributed by atoms with Gasteiger partial charge in [0.15, 0.2) is 0 Å². The third-order valence-electron chi connectivity index (χ3n) is 3.68. The van der Waals surface area contributed by atoms with Gasteiger partial charge in [-0.1, -0.05) is 6.07 Å². The van der Waals surface area contributed by atoms with E-state index in [1.54, 1.807) is 7.05 Å². The largest absolute Gasteiger partial charge is 0.360 e. The highest BCUT2D eigenvalue weighted by Crippen LogP contribution is 2.27. The first-order chi connectivity index (χ1) is 8.67. The van der Waals surface area contributed by atoms with Gasteiger partial charge in [-0.2, -0.15) is 0 Å². The molecule has 3 N–H and O–H groups in total. The van der Waals surface area contributed by atoms with Crippen LogP contribution in [0.4, 0.5) is 5.69 Å². The molecular formula is C14H21N3O. The van der Waals surface area contributed by atoms with E-state index >= 15 is 0 Å². The van der Waals surface area contributed by atoms with Crippen molar-refractivity contribution in [2.45, 2.75) is 32.4 Å². The molecule has 1 atom stereocenters. The van der Waals surface area contributed by atoms with E-state index in [0.29, 0.717) is 6.54 Å². The number of benzene rings is 1. The molecule has 98 valence electrons. The SMILES string of the molecule is CNC(=O)C1CCCN1c1ccc(CN)c(C)c1. The van der Waals surface area contributed by atoms with Gasteiger partial charge in [0.25, 0.3) is 0 Å². The Kier molecular flexibility index (Phi) is 3.87. The van der Waals surface area contributed by atoms with Crippen molar-refractivity contribution in [3.63, 3.8) is 0 Å². The van der Waals surface area contributed by atoms with Gasteiger partial charge in [-0.3, -0.25) is 4.79 Å². The van der Waals surface area contributed by atoms with Gasteiger partial charge in [-0.15, -0.1) is 0 Å². The monoisotopic (exact) mass is 247 g/mol. The van der Waals surface area contributed by atoms with Crippen LogP contribution in [-0.2, 0) is 11.3 Å². The van der Waals surface area contributed by atoms with Crippen LogP contribution in [0.2, 0.25) is 0 Å². The summed E-state index contributed by atoms with van der Waals surface area (Å²) in [4.78, 5) is 14.0. The van der Waals surface area contributed by atoms with Crippen molar-refractivity contribution in [2.24, 2.45) is 5.73 Å². The molecule has 18 heavy (non-hydrogen) atoms. The lowest BCUT2D eigenvalue weighted by atomic mass is 10.1. The van der Waals surface area contributed by atoms with E-state index in [0.717, 1.165) is 30.6 Å². The predicted molar refractivity (Wildman–Crippen MR) is 73.5 cm³/mol. The molecule has 1 aliphatic heterocycles. The van der Waals surface area contributed by atoms with Gasteiger partial charge in [0, 0.05) is 25.8 Å². The van der Waals surface area contributed by atoms with E-state index in [1.165, 1.54) is 5.56 Å². The number of nitrogens with two attached hydrogens (primary N) is 1. The zero-order valence-electron chi connectivity index (χ0n) is 11.1. The van der Waals surface area contributed by atoms with Crippen LogP contribution in [-0.4, -0.2) is 25.5 Å². The molecule has 0 radical (unpaired) electrons. The molecule has 4 nitrogen and oxygen atoms in total. The Morgan fingerprint density at radius 2 is 2.33 bits per heavy atom. The van der Waals surface area contributed by atoms with Crippen LogP contribution in [0.15, 0.2) is 18.2 Å². The minimum Gasteiger partial charge on any atom is -0.360 e. The fourth-order valence-electron chi connectivity index (χ4n) is 2.60. The maximum Gasteiger partial charge on any atom is 0.242 e. The van der Waals surface area contributed by atoms with Crippen LogP contribution in [0.5, 0.6) is 0 Å². The number of likely N-dealkylation sites (N-methyl/N-ethyl adjacent to an activating group) is 1. The van der Waals surface area contributed by atoms with Crippen molar-refractivity contribution in [2.75, 3.05) is 18.5 Å². The normalized spacial score (nSPS) is 19.1. The van der Waals surface area contributed by atoms with Crippen molar-refractivity contribution < 1.29 is 4.79 Å². The lowest BCUT2D eigenvalue weighted by Crippen LogP contribution is -2.42. The fraction of sp³-hybridized carbons (Fsp3) is 0.500. The van der Waals surface area contributed by atoms with E-state index < -0.39 is 0 Å². The topological polar surface area (TPSA) is 58.4 Å². The van der Waals surface area contributed by atoms with Crippen LogP contribution in [0.3, 0.4) is 0 Å². The Labute approximate surface area is 108 Å². The van der Waals surface area contributed by atoms with Gasteiger partial charge in [-0.25, -0.2) is 0 Å². The zero-order chi connectivity index (χ0) is 13.1. The van der Waals surface area contributed by atoms with Gasteiger partial charge in [-0.05, 0) is 43.0 Å². The van der Waals surface area contributed by atoms with Crippen molar-refractivity contribution in [1.82, 2.24) is 5.32 Å². The predicted octanol–water partition coefficient (Wildman–Crippen LogP) is 1.17. The summed E-state index contributed by atoms with van der Waals surface area (Å²) < 4.78 is 0. The van der Waals surface area contributed by atoms with Crippen molar-refractivity contribution in [3.05, 3.63) is 29.3 Å². The number of anilines is 1. The summed E-state index contributed by atoms with van der Waals surface area (Å²) >= 11 is 0. The molecule has 1 aromatic carbocycles. The first-order valence-electron chi connectivity index (χ1n) is 6.45. The second kappa shape index (κ2) is 5.40. The van der Waals surface area contributed by atoms with Crippen LogP contribution in [0, 0.1) is 6.92 Å². The molecule has 0 aromatic heterocycles. The highest BCUT2D eigenvalue weighted by molar-refractivity contribution is 5.85. The number of nitrogens with zero attached hydrogens (tertiary/aromatic N) is 1. The van der Waals surface area contributed by atoms with Crippen molar-refractivity contribution in [3.8, 4) is 0 Å². The summed E-state index contributed by atoms with van der Waals surface area (Å²) in [5.74, 6) is 0.105. The van der Waals surface area contributed by atoms with E-state index in [1.807, 2.05) is 0 Å². The number of hydrogen-bond donors (Lipinski definition) is 2. The van der Waals surface area contributed by atoms with E-state index in [2.05, 4.69) is 35.3 Å². The minimum absolute atomic E-state index is 0.0295. The Balaban J connectivity index is 2.25. The van der Waals surface area contributed by atoms with Gasteiger partial charge >= 0.3 is 0 Å². The molecule has 1 heterocycles. The maximum atomic E-state index is 11.8. The van der Waals surface area contributed by atoms with Crippen LogP contribution in [0.25, 0.3) is 0 Å². The lowest BCUT2D eigenvalue weighted by Gasteiger charge is -2.26. The maximum absolute atomic E-state index is 11.8. The number of carbonyl (C=O) groups is 1. The summed E-state index contributed by atoms with van der Waals surface area (Å²) in [5, 5.41) is 2.74. The molecule has 1 amide bonds. The second-order valence-corrected chi connectivity index (χ2v) is 4.78. The molecule has 1 fully saturated rings. The number of carbonyl (C=O) groups excluding carboxylic acids is 1. The van der Waals surface area contributed by atoms with Crippen LogP contribution >= 0.6 is 0 Å². The fourth-order valence-corrected chi connectivity index (χ4v) is 2.60. The number of aryl methyl sites for hydroxylation is 1. The molecule has 1 saturated heterocycles. The Bertz CT molecular complexity index is 445. The molecular weight excluding hydrogens is 226 g/mol. The van der Waals surface area contributed by atoms with Gasteiger partial charge in [0.2, 0.25) is 5.91 Å². The molecule has 0 spiro atoms. The molecule has 2 rings (SSSR count). The van der Waals surface area contributed by atoms with Crippen molar-refractivity contribution in [1.29, 1.82) is 0 Å². The van der Waals surface area contributed by atoms with Crippen LogP contribution < -0.4 is 16.0 Å². The first kappa shape index (κ1) is 12.9. The molecule has 1 unspecified atom stereocenters. The van der Waals surface area contributed by atoms with E-state index in [4.69, 9.17) is 5.73 Å². The Morgan fingerprint density at radius 3 is 2.94 bits per heavy atom. The van der Waals surface area contributed by atoms with E-state index in [-0.39, 0.29) is 11.9 Å². The Morgan fingerprint density at radius 1 is 1.56 bits per heavy atom.